The number of benzene rings is 1. The van der Waals surface area contributed by atoms with Crippen LogP contribution in [0, 0.1) is 5.92 Å². The Kier molecular flexibility index (Phi) is 27.2. The van der Waals surface area contributed by atoms with Crippen LogP contribution in [-0.2, 0) is 42.6 Å². The smallest absolute Gasteiger partial charge is 0.150 e. The molecule has 0 saturated carbocycles. The number of hydrogen-bond donors (Lipinski definition) is 0. The molecule has 0 heterocycles. The summed E-state index contributed by atoms with van der Waals surface area (Å²) in [5.41, 5.74) is 0.621. The third kappa shape index (κ3) is 25.7. The highest BCUT2D eigenvalue weighted by Crippen LogP contribution is 2.10. The molecule has 0 spiro atoms. The van der Waals surface area contributed by atoms with Crippen molar-refractivity contribution in [1.29, 1.82) is 0 Å². The van der Waals surface area contributed by atoms with Crippen molar-refractivity contribution < 1.29 is 52.2 Å². The number of hydrogen-bond acceptors (Lipinski definition) is 11. The van der Waals surface area contributed by atoms with E-state index in [4.69, 9.17) is 47.4 Å². The van der Waals surface area contributed by atoms with E-state index in [0.717, 1.165) is 19.3 Å². The summed E-state index contributed by atoms with van der Waals surface area (Å²) in [5.74, 6) is 1.30. The second-order valence-electron chi connectivity index (χ2n) is 9.02. The average molecular weight is 589 g/mol. The largest absolute Gasteiger partial charge is 0.491 e. The molecule has 1 rings (SSSR count). The lowest BCUT2D eigenvalue weighted by atomic mass is 10.1. The topological polar surface area (TPSA) is 109 Å². The van der Waals surface area contributed by atoms with Crippen LogP contribution in [0.4, 0.5) is 0 Å². The number of aldehydes is 1. The maximum Gasteiger partial charge on any atom is 0.150 e. The molecule has 0 bridgehead atoms. The molecular formula is C30H52O11. The van der Waals surface area contributed by atoms with E-state index in [1.165, 1.54) is 0 Å². The molecule has 238 valence electrons. The first-order valence-corrected chi connectivity index (χ1v) is 14.6. The van der Waals surface area contributed by atoms with Crippen molar-refractivity contribution in [2.24, 2.45) is 5.92 Å². The Labute approximate surface area is 245 Å². The summed E-state index contributed by atoms with van der Waals surface area (Å²) in [6, 6.07) is 6.94. The van der Waals surface area contributed by atoms with Crippen molar-refractivity contribution in [3.05, 3.63) is 29.8 Å². The summed E-state index contributed by atoms with van der Waals surface area (Å²) in [5, 5.41) is 0. The van der Waals surface area contributed by atoms with Crippen LogP contribution in [0.15, 0.2) is 24.3 Å². The molecule has 11 nitrogen and oxygen atoms in total. The second kappa shape index (κ2) is 29.8. The van der Waals surface area contributed by atoms with Crippen LogP contribution in [0.5, 0.6) is 5.75 Å². The summed E-state index contributed by atoms with van der Waals surface area (Å²) in [7, 11) is 0. The first-order chi connectivity index (χ1) is 20.3. The molecule has 1 atom stereocenters. The number of carbonyl (C=O) groups excluding carboxylic acids is 1. The van der Waals surface area contributed by atoms with Crippen molar-refractivity contribution in [3.8, 4) is 5.75 Å². The molecule has 0 aliphatic rings. The van der Waals surface area contributed by atoms with Crippen LogP contribution in [0.1, 0.15) is 30.6 Å². The Morgan fingerprint density at radius 2 is 0.829 bits per heavy atom. The quantitative estimate of drug-likeness (QED) is 0.0915. The Bertz CT molecular complexity index is 675. The van der Waals surface area contributed by atoms with Gasteiger partial charge in [0.15, 0.2) is 0 Å². The van der Waals surface area contributed by atoms with Crippen molar-refractivity contribution in [2.45, 2.75) is 20.3 Å². The zero-order valence-corrected chi connectivity index (χ0v) is 25.1. The lowest BCUT2D eigenvalue weighted by Gasteiger charge is -2.10. The Morgan fingerprint density at radius 1 is 0.512 bits per heavy atom. The van der Waals surface area contributed by atoms with Gasteiger partial charge in [-0.1, -0.05) is 20.3 Å². The van der Waals surface area contributed by atoms with Gasteiger partial charge in [-0.15, -0.1) is 0 Å². The first-order valence-electron chi connectivity index (χ1n) is 14.6. The Morgan fingerprint density at radius 3 is 1.15 bits per heavy atom. The van der Waals surface area contributed by atoms with Crippen LogP contribution >= 0.6 is 0 Å². The van der Waals surface area contributed by atoms with Crippen molar-refractivity contribution in [3.63, 3.8) is 0 Å². The Balaban J connectivity index is 1.66. The van der Waals surface area contributed by atoms with Gasteiger partial charge in [-0.3, -0.25) is 4.79 Å². The number of rotatable bonds is 32. The number of carbonyl (C=O) groups is 1. The van der Waals surface area contributed by atoms with E-state index in [1.54, 1.807) is 24.3 Å². The molecule has 0 aromatic heterocycles. The van der Waals surface area contributed by atoms with E-state index < -0.39 is 0 Å². The predicted molar refractivity (Wildman–Crippen MR) is 154 cm³/mol. The minimum absolute atomic E-state index is 0.435. The SMILES string of the molecule is CCC(C)COCCOCCOCCOCCOCCOCCOCCOCCOCCOc1ccc(C=O)cc1. The van der Waals surface area contributed by atoms with Crippen LogP contribution in [0.25, 0.3) is 0 Å². The van der Waals surface area contributed by atoms with Gasteiger partial charge in [0, 0.05) is 12.2 Å². The molecule has 1 aromatic rings. The minimum Gasteiger partial charge on any atom is -0.491 e. The molecule has 41 heavy (non-hydrogen) atoms. The monoisotopic (exact) mass is 588 g/mol. The second-order valence-corrected chi connectivity index (χ2v) is 9.02. The zero-order valence-electron chi connectivity index (χ0n) is 25.1. The van der Waals surface area contributed by atoms with Gasteiger partial charge in [-0.2, -0.15) is 0 Å². The minimum atomic E-state index is 0.435. The van der Waals surface area contributed by atoms with Crippen LogP contribution in [0.3, 0.4) is 0 Å². The lowest BCUT2D eigenvalue weighted by Crippen LogP contribution is -2.15. The summed E-state index contributed by atoms with van der Waals surface area (Å²) < 4.78 is 54.8. The zero-order chi connectivity index (χ0) is 29.5. The molecule has 0 radical (unpaired) electrons. The van der Waals surface area contributed by atoms with Gasteiger partial charge in [0.25, 0.3) is 0 Å². The fourth-order valence-corrected chi connectivity index (χ4v) is 3.02. The van der Waals surface area contributed by atoms with E-state index in [9.17, 15) is 4.79 Å². The molecule has 1 aromatic carbocycles. The maximum absolute atomic E-state index is 10.6. The number of ether oxygens (including phenoxy) is 10. The molecule has 0 fully saturated rings. The molecule has 11 heteroatoms. The van der Waals surface area contributed by atoms with Crippen molar-refractivity contribution >= 4 is 6.29 Å². The third-order valence-electron chi connectivity index (χ3n) is 5.59. The van der Waals surface area contributed by atoms with E-state index in [2.05, 4.69) is 13.8 Å². The first kappa shape index (κ1) is 37.4. The van der Waals surface area contributed by atoms with Gasteiger partial charge in [-0.25, -0.2) is 0 Å². The normalized spacial score (nSPS) is 12.0. The van der Waals surface area contributed by atoms with Gasteiger partial charge in [0.05, 0.1) is 112 Å². The molecule has 0 amide bonds. The molecule has 0 aliphatic carbocycles. The van der Waals surface area contributed by atoms with Crippen molar-refractivity contribution in [2.75, 3.05) is 126 Å². The molecular weight excluding hydrogens is 536 g/mol. The van der Waals surface area contributed by atoms with Crippen LogP contribution < -0.4 is 4.74 Å². The lowest BCUT2D eigenvalue weighted by molar-refractivity contribution is -0.0258. The Hall–Kier alpha value is -1.67. The van der Waals surface area contributed by atoms with Crippen LogP contribution in [-0.4, -0.2) is 132 Å². The van der Waals surface area contributed by atoms with E-state index in [-0.39, 0.29) is 0 Å². The van der Waals surface area contributed by atoms with Crippen molar-refractivity contribution in [1.82, 2.24) is 0 Å². The maximum atomic E-state index is 10.6. The summed E-state index contributed by atoms with van der Waals surface area (Å²) in [4.78, 5) is 10.6. The summed E-state index contributed by atoms with van der Waals surface area (Å²) in [6.07, 6.45) is 1.93. The highest BCUT2D eigenvalue weighted by Gasteiger charge is 1.99. The van der Waals surface area contributed by atoms with Gasteiger partial charge in [0.1, 0.15) is 18.6 Å². The van der Waals surface area contributed by atoms with Gasteiger partial charge < -0.3 is 47.4 Å². The predicted octanol–water partition coefficient (Wildman–Crippen LogP) is 3.07. The van der Waals surface area contributed by atoms with E-state index >= 15 is 0 Å². The van der Waals surface area contributed by atoms with Gasteiger partial charge in [-0.05, 0) is 30.2 Å². The van der Waals surface area contributed by atoms with E-state index in [1.807, 2.05) is 0 Å². The van der Waals surface area contributed by atoms with Gasteiger partial charge >= 0.3 is 0 Å². The summed E-state index contributed by atoms with van der Waals surface area (Å²) in [6.45, 7) is 14.5. The molecule has 0 aliphatic heterocycles. The molecule has 1 unspecified atom stereocenters. The van der Waals surface area contributed by atoms with Gasteiger partial charge in [0.2, 0.25) is 0 Å². The van der Waals surface area contributed by atoms with E-state index in [0.29, 0.717) is 136 Å². The molecule has 0 saturated heterocycles. The average Bonchev–Trinajstić information content (AvgIpc) is 3.00. The third-order valence-corrected chi connectivity index (χ3v) is 5.59. The standard InChI is InChI=1S/C30H52O11/c1-3-28(2)27-40-23-22-38-19-18-36-15-14-34-11-10-32-8-9-33-12-13-35-16-17-37-20-21-39-24-25-41-30-6-4-29(26-31)5-7-30/h4-7,26,28H,3,8-25,27H2,1-2H3. The molecule has 0 N–H and O–H groups in total. The highest BCUT2D eigenvalue weighted by molar-refractivity contribution is 5.74. The fraction of sp³-hybridized carbons (Fsp3) is 0.767. The van der Waals surface area contributed by atoms with Crippen LogP contribution in [0.2, 0.25) is 0 Å². The fourth-order valence-electron chi connectivity index (χ4n) is 3.02. The highest BCUT2D eigenvalue weighted by atomic mass is 16.6. The summed E-state index contributed by atoms with van der Waals surface area (Å²) >= 11 is 0.